The Hall–Kier alpha value is -0.580. The van der Waals surface area contributed by atoms with E-state index in [1.165, 1.54) is 0 Å². The molecule has 90 valence electrons. The molecule has 1 aromatic rings. The van der Waals surface area contributed by atoms with Crippen molar-refractivity contribution in [2.24, 2.45) is 0 Å². The van der Waals surface area contributed by atoms with Gasteiger partial charge < -0.3 is 14.2 Å². The Morgan fingerprint density at radius 1 is 1.19 bits per heavy atom. The molecule has 16 heavy (non-hydrogen) atoms. The van der Waals surface area contributed by atoms with Gasteiger partial charge in [0.25, 0.3) is 0 Å². The second-order valence-corrected chi connectivity index (χ2v) is 3.99. The van der Waals surface area contributed by atoms with Crippen LogP contribution >= 0.6 is 15.9 Å². The minimum absolute atomic E-state index is 0.308. The Labute approximate surface area is 105 Å². The van der Waals surface area contributed by atoms with E-state index in [-0.39, 0.29) is 6.29 Å². The molecule has 0 aliphatic carbocycles. The maximum atomic E-state index is 5.51. The predicted octanol–water partition coefficient (Wildman–Crippen LogP) is 3.53. The largest absolute Gasteiger partial charge is 0.496 e. The molecule has 0 N–H and O–H groups in total. The minimum Gasteiger partial charge on any atom is -0.496 e. The van der Waals surface area contributed by atoms with Crippen LogP contribution < -0.4 is 4.74 Å². The highest BCUT2D eigenvalue weighted by Gasteiger charge is 2.12. The third-order valence-corrected chi connectivity index (χ3v) is 2.70. The second kappa shape index (κ2) is 6.89. The highest BCUT2D eigenvalue weighted by atomic mass is 79.9. The fourth-order valence-electron chi connectivity index (χ4n) is 1.37. The van der Waals surface area contributed by atoms with E-state index in [0.717, 1.165) is 15.8 Å². The average Bonchev–Trinajstić information content (AvgIpc) is 2.28. The van der Waals surface area contributed by atoms with Crippen LogP contribution in [0.3, 0.4) is 0 Å². The van der Waals surface area contributed by atoms with Gasteiger partial charge in [0.2, 0.25) is 0 Å². The number of halogens is 1. The molecule has 0 aliphatic heterocycles. The van der Waals surface area contributed by atoms with E-state index in [4.69, 9.17) is 14.2 Å². The highest BCUT2D eigenvalue weighted by molar-refractivity contribution is 9.10. The first-order valence-electron chi connectivity index (χ1n) is 5.29. The van der Waals surface area contributed by atoms with Crippen molar-refractivity contribution >= 4 is 15.9 Å². The normalized spacial score (nSPS) is 10.8. The Morgan fingerprint density at radius 3 is 2.25 bits per heavy atom. The molecule has 0 fully saturated rings. The lowest BCUT2D eigenvalue weighted by atomic mass is 10.2. The quantitative estimate of drug-likeness (QED) is 0.750. The summed E-state index contributed by atoms with van der Waals surface area (Å²) in [6.07, 6.45) is -0.308. The molecule has 1 rings (SSSR count). The van der Waals surface area contributed by atoms with E-state index in [9.17, 15) is 0 Å². The first-order chi connectivity index (χ1) is 7.72. The zero-order valence-corrected chi connectivity index (χ0v) is 11.4. The number of hydrogen-bond acceptors (Lipinski definition) is 3. The van der Waals surface area contributed by atoms with Crippen molar-refractivity contribution in [3.63, 3.8) is 0 Å². The van der Waals surface area contributed by atoms with Crippen molar-refractivity contribution in [3.8, 4) is 5.75 Å². The maximum absolute atomic E-state index is 5.51. The van der Waals surface area contributed by atoms with Gasteiger partial charge in [-0.05, 0) is 41.9 Å². The summed E-state index contributed by atoms with van der Waals surface area (Å²) in [5, 5.41) is 0. The Balaban J connectivity index is 2.87. The van der Waals surface area contributed by atoms with Crippen molar-refractivity contribution in [2.45, 2.75) is 20.1 Å². The third kappa shape index (κ3) is 3.47. The highest BCUT2D eigenvalue weighted by Crippen LogP contribution is 2.29. The summed E-state index contributed by atoms with van der Waals surface area (Å²) in [5.41, 5.74) is 0.983. The molecule has 0 aromatic heterocycles. The Kier molecular flexibility index (Phi) is 5.80. The molecule has 0 unspecified atom stereocenters. The first kappa shape index (κ1) is 13.5. The van der Waals surface area contributed by atoms with Gasteiger partial charge in [-0.3, -0.25) is 0 Å². The molecule has 1 aromatic carbocycles. The van der Waals surface area contributed by atoms with Gasteiger partial charge in [-0.15, -0.1) is 0 Å². The summed E-state index contributed by atoms with van der Waals surface area (Å²) in [4.78, 5) is 0. The summed E-state index contributed by atoms with van der Waals surface area (Å²) >= 11 is 3.44. The zero-order valence-electron chi connectivity index (χ0n) is 9.83. The lowest BCUT2D eigenvalue weighted by Gasteiger charge is -2.18. The van der Waals surface area contributed by atoms with Crippen LogP contribution in [0, 0.1) is 0 Å². The van der Waals surface area contributed by atoms with E-state index in [1.807, 2.05) is 32.0 Å². The van der Waals surface area contributed by atoms with Crippen molar-refractivity contribution in [1.29, 1.82) is 0 Å². The molecular formula is C12H17BrO3. The van der Waals surface area contributed by atoms with Gasteiger partial charge in [0.05, 0.1) is 11.6 Å². The number of ether oxygens (including phenoxy) is 3. The van der Waals surface area contributed by atoms with Crippen molar-refractivity contribution in [2.75, 3.05) is 20.3 Å². The Morgan fingerprint density at radius 2 is 1.81 bits per heavy atom. The summed E-state index contributed by atoms with van der Waals surface area (Å²) in [6.45, 7) is 5.14. The van der Waals surface area contributed by atoms with E-state index < -0.39 is 0 Å². The summed E-state index contributed by atoms with van der Waals surface area (Å²) < 4.78 is 17.1. The lowest BCUT2D eigenvalue weighted by molar-refractivity contribution is -0.140. The molecule has 0 heterocycles. The van der Waals surface area contributed by atoms with Crippen LogP contribution in [0.1, 0.15) is 25.7 Å². The van der Waals surface area contributed by atoms with Crippen LogP contribution in [0.5, 0.6) is 5.75 Å². The summed E-state index contributed by atoms with van der Waals surface area (Å²) in [6, 6.07) is 5.79. The van der Waals surface area contributed by atoms with Crippen molar-refractivity contribution < 1.29 is 14.2 Å². The molecule has 0 spiro atoms. The maximum Gasteiger partial charge on any atom is 0.183 e. The third-order valence-electron chi connectivity index (χ3n) is 2.08. The van der Waals surface area contributed by atoms with E-state index >= 15 is 0 Å². The van der Waals surface area contributed by atoms with Crippen LogP contribution in [0.4, 0.5) is 0 Å². The fraction of sp³-hybridized carbons (Fsp3) is 0.500. The molecule has 0 radical (unpaired) electrons. The van der Waals surface area contributed by atoms with Crippen LogP contribution in [0.15, 0.2) is 22.7 Å². The average molecular weight is 289 g/mol. The summed E-state index contributed by atoms with van der Waals surface area (Å²) in [5.74, 6) is 0.801. The SMILES string of the molecule is CCOC(OCC)c1ccc(OC)c(Br)c1. The molecule has 0 saturated heterocycles. The molecule has 3 nitrogen and oxygen atoms in total. The molecule has 4 heteroatoms. The first-order valence-corrected chi connectivity index (χ1v) is 6.08. The van der Waals surface area contributed by atoms with Crippen LogP contribution in [-0.4, -0.2) is 20.3 Å². The van der Waals surface area contributed by atoms with E-state index in [0.29, 0.717) is 13.2 Å². The fourth-order valence-corrected chi connectivity index (χ4v) is 1.93. The standard InChI is InChI=1S/C12H17BrO3/c1-4-15-12(16-5-2)9-6-7-11(14-3)10(13)8-9/h6-8,12H,4-5H2,1-3H3. The molecule has 0 amide bonds. The summed E-state index contributed by atoms with van der Waals surface area (Å²) in [7, 11) is 1.64. The van der Waals surface area contributed by atoms with Crippen LogP contribution in [0.2, 0.25) is 0 Å². The number of hydrogen-bond donors (Lipinski definition) is 0. The predicted molar refractivity (Wildman–Crippen MR) is 66.7 cm³/mol. The van der Waals surface area contributed by atoms with Gasteiger partial charge in [-0.2, -0.15) is 0 Å². The van der Waals surface area contributed by atoms with E-state index in [2.05, 4.69) is 15.9 Å². The molecule has 0 aliphatic rings. The monoisotopic (exact) mass is 288 g/mol. The number of methoxy groups -OCH3 is 1. The van der Waals surface area contributed by atoms with E-state index in [1.54, 1.807) is 7.11 Å². The molecular weight excluding hydrogens is 272 g/mol. The minimum atomic E-state index is -0.308. The second-order valence-electron chi connectivity index (χ2n) is 3.14. The smallest absolute Gasteiger partial charge is 0.183 e. The topological polar surface area (TPSA) is 27.7 Å². The van der Waals surface area contributed by atoms with Gasteiger partial charge >= 0.3 is 0 Å². The van der Waals surface area contributed by atoms with Gasteiger partial charge in [0.15, 0.2) is 6.29 Å². The lowest BCUT2D eigenvalue weighted by Crippen LogP contribution is -2.08. The van der Waals surface area contributed by atoms with Gasteiger partial charge in [0, 0.05) is 18.8 Å². The molecule has 0 bridgehead atoms. The van der Waals surface area contributed by atoms with Gasteiger partial charge in [0.1, 0.15) is 5.75 Å². The number of benzene rings is 1. The van der Waals surface area contributed by atoms with Gasteiger partial charge in [-0.25, -0.2) is 0 Å². The molecule has 0 atom stereocenters. The number of rotatable bonds is 6. The van der Waals surface area contributed by atoms with Crippen molar-refractivity contribution in [3.05, 3.63) is 28.2 Å². The molecule has 0 saturated carbocycles. The Bertz CT molecular complexity index is 322. The van der Waals surface area contributed by atoms with Crippen LogP contribution in [0.25, 0.3) is 0 Å². The zero-order chi connectivity index (χ0) is 12.0. The van der Waals surface area contributed by atoms with Gasteiger partial charge in [-0.1, -0.05) is 6.07 Å². The van der Waals surface area contributed by atoms with Crippen molar-refractivity contribution in [1.82, 2.24) is 0 Å². The van der Waals surface area contributed by atoms with Crippen LogP contribution in [-0.2, 0) is 9.47 Å².